The predicted octanol–water partition coefficient (Wildman–Crippen LogP) is 8.71. The molecule has 2 N–H and O–H groups in total. The smallest absolute Gasteiger partial charge is 0.212 e. The fourth-order valence-electron chi connectivity index (χ4n) is 6.20. The second-order valence-corrected chi connectivity index (χ2v) is 12.4. The average Bonchev–Trinajstić information content (AvgIpc) is 3.29. The number of hydrogen-bond donors (Lipinski definition) is 2. The number of aromatic amines is 1. The first-order chi connectivity index (χ1) is 18.5. The highest BCUT2D eigenvalue weighted by atomic mass is 35.5. The standard InChI is InChI=1S/C31H27ClFN3OS/c1-16-11-23(35-30(16)22-3-2-10-34-22)18-13-21(33)29-25-14-19-12-20(32)6-7-24(19)36(25)31(37-26(29)15-18)28-9-8-27(38-28)17-4-5-17/h6-9,11-15,17,22,31,34-35H,2-5,10H2,1H3. The minimum Gasteiger partial charge on any atom is -0.464 e. The van der Waals surface area contributed by atoms with Crippen LogP contribution in [-0.4, -0.2) is 16.1 Å². The average molecular weight is 544 g/mol. The van der Waals surface area contributed by atoms with Crippen molar-refractivity contribution in [2.24, 2.45) is 0 Å². The molecule has 2 aliphatic heterocycles. The molecule has 192 valence electrons. The van der Waals surface area contributed by atoms with Gasteiger partial charge in [0, 0.05) is 38.3 Å². The van der Waals surface area contributed by atoms with E-state index in [-0.39, 0.29) is 12.0 Å². The molecule has 1 saturated carbocycles. The molecule has 3 aliphatic rings. The van der Waals surface area contributed by atoms with Gasteiger partial charge in [-0.2, -0.15) is 0 Å². The fourth-order valence-corrected chi connectivity index (χ4v) is 7.58. The molecule has 0 bridgehead atoms. The van der Waals surface area contributed by atoms with Crippen LogP contribution in [0.3, 0.4) is 0 Å². The maximum absolute atomic E-state index is 16.0. The van der Waals surface area contributed by atoms with Crippen LogP contribution in [0.1, 0.15) is 64.9 Å². The lowest BCUT2D eigenvalue weighted by Gasteiger charge is -2.30. The van der Waals surface area contributed by atoms with Gasteiger partial charge in [0.25, 0.3) is 0 Å². The number of hydrogen-bond acceptors (Lipinski definition) is 3. The van der Waals surface area contributed by atoms with E-state index in [9.17, 15) is 0 Å². The maximum atomic E-state index is 16.0. The Labute approximate surface area is 229 Å². The second-order valence-electron chi connectivity index (χ2n) is 10.8. The molecule has 1 saturated heterocycles. The molecule has 7 heteroatoms. The van der Waals surface area contributed by atoms with Crippen molar-refractivity contribution >= 4 is 33.8 Å². The van der Waals surface area contributed by atoms with Gasteiger partial charge in [0.2, 0.25) is 6.23 Å². The van der Waals surface area contributed by atoms with E-state index < -0.39 is 0 Å². The van der Waals surface area contributed by atoms with Crippen molar-refractivity contribution in [3.05, 3.63) is 86.4 Å². The summed E-state index contributed by atoms with van der Waals surface area (Å²) < 4.78 is 24.9. The van der Waals surface area contributed by atoms with Gasteiger partial charge < -0.3 is 15.0 Å². The van der Waals surface area contributed by atoms with E-state index in [0.717, 1.165) is 45.7 Å². The van der Waals surface area contributed by atoms with Crippen LogP contribution in [0.25, 0.3) is 33.4 Å². The van der Waals surface area contributed by atoms with Crippen LogP contribution >= 0.6 is 22.9 Å². The molecule has 2 unspecified atom stereocenters. The lowest BCUT2D eigenvalue weighted by Crippen LogP contribution is -2.22. The number of aryl methyl sites for hydroxylation is 1. The van der Waals surface area contributed by atoms with Crippen LogP contribution in [0, 0.1) is 12.7 Å². The molecule has 3 aromatic heterocycles. The van der Waals surface area contributed by atoms with E-state index in [4.69, 9.17) is 16.3 Å². The third-order valence-electron chi connectivity index (χ3n) is 8.23. The summed E-state index contributed by atoms with van der Waals surface area (Å²) in [7, 11) is 0. The quantitative estimate of drug-likeness (QED) is 0.238. The van der Waals surface area contributed by atoms with Gasteiger partial charge in [0.1, 0.15) is 11.6 Å². The first-order valence-electron chi connectivity index (χ1n) is 13.4. The molecule has 0 radical (unpaired) electrons. The van der Waals surface area contributed by atoms with E-state index in [1.165, 1.54) is 35.4 Å². The van der Waals surface area contributed by atoms with Gasteiger partial charge in [-0.3, -0.25) is 4.57 Å². The zero-order chi connectivity index (χ0) is 25.5. The van der Waals surface area contributed by atoms with Crippen molar-refractivity contribution in [1.82, 2.24) is 14.9 Å². The van der Waals surface area contributed by atoms with E-state index in [2.05, 4.69) is 40.0 Å². The highest BCUT2D eigenvalue weighted by Crippen LogP contribution is 2.50. The topological polar surface area (TPSA) is 42.0 Å². The maximum Gasteiger partial charge on any atom is 0.212 e. The number of thiophene rings is 1. The van der Waals surface area contributed by atoms with Crippen LogP contribution in [0.2, 0.25) is 5.02 Å². The summed E-state index contributed by atoms with van der Waals surface area (Å²) in [5, 5.41) is 5.20. The molecule has 0 spiro atoms. The molecular weight excluding hydrogens is 517 g/mol. The first-order valence-corrected chi connectivity index (χ1v) is 14.6. The summed E-state index contributed by atoms with van der Waals surface area (Å²) >= 11 is 8.15. The van der Waals surface area contributed by atoms with Gasteiger partial charge in [-0.1, -0.05) is 11.6 Å². The molecule has 38 heavy (non-hydrogen) atoms. The van der Waals surface area contributed by atoms with E-state index in [1.807, 2.05) is 41.7 Å². The van der Waals surface area contributed by atoms with Gasteiger partial charge in [-0.25, -0.2) is 4.39 Å². The van der Waals surface area contributed by atoms with Crippen molar-refractivity contribution in [3.63, 3.8) is 0 Å². The molecule has 8 rings (SSSR count). The van der Waals surface area contributed by atoms with Crippen LogP contribution < -0.4 is 10.1 Å². The Bertz CT molecular complexity index is 1720. The fraction of sp³-hybridized carbons (Fsp3) is 0.290. The molecular formula is C31H27ClFN3OS. The second kappa shape index (κ2) is 8.47. The summed E-state index contributed by atoms with van der Waals surface area (Å²) in [6.07, 6.45) is 4.43. The molecule has 2 fully saturated rings. The Kier molecular flexibility index (Phi) is 5.10. The molecule has 1 aliphatic carbocycles. The van der Waals surface area contributed by atoms with Crippen molar-refractivity contribution in [1.29, 1.82) is 0 Å². The zero-order valence-electron chi connectivity index (χ0n) is 21.0. The van der Waals surface area contributed by atoms with Crippen molar-refractivity contribution in [3.8, 4) is 28.3 Å². The third kappa shape index (κ3) is 3.58. The molecule has 2 atom stereocenters. The number of ether oxygens (including phenoxy) is 1. The molecule has 4 nitrogen and oxygen atoms in total. The Hall–Kier alpha value is -3.06. The van der Waals surface area contributed by atoms with Gasteiger partial charge in [-0.05, 0) is 105 Å². The number of fused-ring (bicyclic) bond motifs is 5. The molecule has 0 amide bonds. The normalized spacial score (nSPS) is 20.5. The predicted molar refractivity (Wildman–Crippen MR) is 152 cm³/mol. The number of halogens is 2. The lowest BCUT2D eigenvalue weighted by molar-refractivity contribution is 0.176. The Morgan fingerprint density at radius 2 is 1.89 bits per heavy atom. The number of H-pyrrole nitrogens is 1. The summed E-state index contributed by atoms with van der Waals surface area (Å²) in [6.45, 7) is 3.15. The first kappa shape index (κ1) is 22.9. The van der Waals surface area contributed by atoms with Crippen LogP contribution in [0.5, 0.6) is 5.75 Å². The zero-order valence-corrected chi connectivity index (χ0v) is 22.6. The summed E-state index contributed by atoms with van der Waals surface area (Å²) in [6, 6.07) is 18.3. The highest BCUT2D eigenvalue weighted by Gasteiger charge is 2.34. The SMILES string of the molecule is Cc1cc(-c2cc(F)c3c(c2)OC(c2ccc(C4CC4)s2)n2c-3cc3cc(Cl)ccc32)[nH]c1C1CCCN1. The number of nitrogens with zero attached hydrogens (tertiary/aromatic N) is 1. The van der Waals surface area contributed by atoms with Crippen molar-refractivity contribution in [2.75, 3.05) is 6.54 Å². The Morgan fingerprint density at radius 3 is 2.71 bits per heavy atom. The molecule has 2 aromatic carbocycles. The number of nitrogens with one attached hydrogen (secondary N) is 2. The van der Waals surface area contributed by atoms with Crippen molar-refractivity contribution < 1.29 is 9.13 Å². The summed E-state index contributed by atoms with van der Waals surface area (Å²) in [4.78, 5) is 6.12. The van der Waals surface area contributed by atoms with Gasteiger partial charge >= 0.3 is 0 Å². The van der Waals surface area contributed by atoms with Crippen LogP contribution in [-0.2, 0) is 0 Å². The number of benzene rings is 2. The monoisotopic (exact) mass is 543 g/mol. The van der Waals surface area contributed by atoms with Gasteiger partial charge in [-0.15, -0.1) is 11.3 Å². The van der Waals surface area contributed by atoms with Gasteiger partial charge in [0.05, 0.1) is 21.7 Å². The van der Waals surface area contributed by atoms with Gasteiger partial charge in [0.15, 0.2) is 0 Å². The number of rotatable bonds is 4. The van der Waals surface area contributed by atoms with E-state index in [1.54, 1.807) is 6.07 Å². The minimum atomic E-state index is -0.369. The van der Waals surface area contributed by atoms with E-state index in [0.29, 0.717) is 28.3 Å². The van der Waals surface area contributed by atoms with Crippen LogP contribution in [0.4, 0.5) is 4.39 Å². The van der Waals surface area contributed by atoms with E-state index >= 15 is 4.39 Å². The third-order valence-corrected chi connectivity index (χ3v) is 9.74. The van der Waals surface area contributed by atoms with Crippen LogP contribution in [0.15, 0.2) is 54.6 Å². The molecule has 5 aromatic rings. The number of aromatic nitrogens is 2. The lowest BCUT2D eigenvalue weighted by atomic mass is 10.0. The summed E-state index contributed by atoms with van der Waals surface area (Å²) in [5.41, 5.74) is 6.40. The van der Waals surface area contributed by atoms with Crippen molar-refractivity contribution in [2.45, 2.75) is 50.8 Å². The Balaban J connectivity index is 1.28. The highest BCUT2D eigenvalue weighted by molar-refractivity contribution is 7.12. The molecule has 5 heterocycles. The largest absolute Gasteiger partial charge is 0.464 e. The Morgan fingerprint density at radius 1 is 1.03 bits per heavy atom. The minimum absolute atomic E-state index is 0.288. The summed E-state index contributed by atoms with van der Waals surface area (Å²) in [5.74, 6) is 0.956.